The van der Waals surface area contributed by atoms with Gasteiger partial charge in [-0.3, -0.25) is 4.79 Å². The molecular weight excluding hydrogens is 184 g/mol. The normalized spacial score (nSPS) is 20.3. The van der Waals surface area contributed by atoms with Crippen molar-refractivity contribution in [3.05, 3.63) is 0 Å². The van der Waals surface area contributed by atoms with Gasteiger partial charge in [-0.05, 0) is 12.1 Å². The minimum atomic E-state index is -0.369. The molecule has 5 nitrogen and oxygen atoms in total. The van der Waals surface area contributed by atoms with Crippen molar-refractivity contribution >= 4 is 11.8 Å². The highest BCUT2D eigenvalue weighted by Crippen LogP contribution is 2.09. The van der Waals surface area contributed by atoms with E-state index in [2.05, 4.69) is 10.5 Å². The third kappa shape index (κ3) is 2.90. The van der Waals surface area contributed by atoms with Crippen LogP contribution in [0.15, 0.2) is 5.16 Å². The molecule has 0 aliphatic carbocycles. The molecule has 0 aromatic heterocycles. The summed E-state index contributed by atoms with van der Waals surface area (Å²) in [5.74, 6) is 0.458. The first-order valence-electron chi connectivity index (χ1n) is 4.79. The number of hydrogen-bond donors (Lipinski definition) is 1. The Bertz CT molecular complexity index is 238. The fraction of sp³-hybridized carbons (Fsp3) is 0.778. The number of amides is 1. The van der Waals surface area contributed by atoms with Crippen molar-refractivity contribution in [1.29, 1.82) is 0 Å². The van der Waals surface area contributed by atoms with Crippen molar-refractivity contribution in [3.63, 3.8) is 0 Å². The first-order chi connectivity index (χ1) is 6.63. The van der Waals surface area contributed by atoms with E-state index in [4.69, 9.17) is 9.57 Å². The number of rotatable bonds is 3. The molecule has 0 bridgehead atoms. The van der Waals surface area contributed by atoms with Crippen LogP contribution in [0, 0.1) is 5.92 Å². The van der Waals surface area contributed by atoms with Crippen LogP contribution in [-0.4, -0.2) is 24.6 Å². The summed E-state index contributed by atoms with van der Waals surface area (Å²) in [5.41, 5.74) is 0. The number of hydrogen-bond acceptors (Lipinski definition) is 4. The predicted molar refractivity (Wildman–Crippen MR) is 51.5 cm³/mol. The summed E-state index contributed by atoms with van der Waals surface area (Å²) in [6.45, 7) is 6.10. The first-order valence-corrected chi connectivity index (χ1v) is 4.79. The topological polar surface area (TPSA) is 59.9 Å². The Hall–Kier alpha value is -1.26. The van der Waals surface area contributed by atoms with Crippen LogP contribution >= 0.6 is 0 Å². The lowest BCUT2D eigenvalue weighted by molar-refractivity contribution is -0.127. The molecule has 0 aromatic rings. The summed E-state index contributed by atoms with van der Waals surface area (Å²) in [6.07, 6.45) is 0.137. The largest absolute Gasteiger partial charge is 0.479 e. The van der Waals surface area contributed by atoms with E-state index in [1.807, 2.05) is 20.8 Å². The maximum atomic E-state index is 11.3. The van der Waals surface area contributed by atoms with Crippen LogP contribution < -0.4 is 5.32 Å². The van der Waals surface area contributed by atoms with Gasteiger partial charge in [0, 0.05) is 5.92 Å². The zero-order valence-electron chi connectivity index (χ0n) is 8.74. The zero-order valence-corrected chi connectivity index (χ0v) is 8.74. The van der Waals surface area contributed by atoms with Gasteiger partial charge in [-0.2, -0.15) is 0 Å². The molecule has 0 saturated carbocycles. The van der Waals surface area contributed by atoms with E-state index in [1.54, 1.807) is 0 Å². The molecule has 0 spiro atoms. The minimum absolute atomic E-state index is 0.0389. The number of carbonyl (C=O) groups is 1. The van der Waals surface area contributed by atoms with Crippen LogP contribution in [0.2, 0.25) is 0 Å². The van der Waals surface area contributed by atoms with Gasteiger partial charge < -0.3 is 14.9 Å². The first kappa shape index (κ1) is 10.8. The summed E-state index contributed by atoms with van der Waals surface area (Å²) in [4.78, 5) is 16.3. The van der Waals surface area contributed by atoms with Gasteiger partial charge in [0.05, 0.1) is 13.0 Å². The zero-order chi connectivity index (χ0) is 10.6. The van der Waals surface area contributed by atoms with E-state index in [0.29, 0.717) is 18.9 Å². The van der Waals surface area contributed by atoms with Crippen LogP contribution in [0.4, 0.5) is 0 Å². The van der Waals surface area contributed by atoms with Gasteiger partial charge in [0.2, 0.25) is 18.0 Å². The lowest BCUT2D eigenvalue weighted by atomic mass is 10.2. The van der Waals surface area contributed by atoms with Crippen LogP contribution in [0.1, 0.15) is 27.2 Å². The van der Waals surface area contributed by atoms with Crippen molar-refractivity contribution in [2.24, 2.45) is 11.1 Å². The third-order valence-electron chi connectivity index (χ3n) is 1.78. The highest BCUT2D eigenvalue weighted by atomic mass is 16.7. The van der Waals surface area contributed by atoms with Crippen LogP contribution in [0.5, 0.6) is 0 Å². The van der Waals surface area contributed by atoms with Crippen molar-refractivity contribution in [1.82, 2.24) is 5.32 Å². The van der Waals surface area contributed by atoms with E-state index in [-0.39, 0.29) is 18.1 Å². The van der Waals surface area contributed by atoms with Crippen molar-refractivity contribution in [2.45, 2.75) is 33.4 Å². The maximum absolute atomic E-state index is 11.3. The highest BCUT2D eigenvalue weighted by molar-refractivity contribution is 5.81. The van der Waals surface area contributed by atoms with Crippen molar-refractivity contribution in [3.8, 4) is 0 Å². The Morgan fingerprint density at radius 1 is 1.79 bits per heavy atom. The van der Waals surface area contributed by atoms with Gasteiger partial charge in [0.15, 0.2) is 0 Å². The summed E-state index contributed by atoms with van der Waals surface area (Å²) in [6, 6.07) is 0. The number of nitrogens with one attached hydrogen (secondary N) is 1. The average molecular weight is 200 g/mol. The molecular formula is C9H16N2O3. The number of oxime groups is 1. The summed E-state index contributed by atoms with van der Waals surface area (Å²) in [7, 11) is 0. The molecule has 1 rings (SSSR count). The fourth-order valence-electron chi connectivity index (χ4n) is 1.01. The van der Waals surface area contributed by atoms with E-state index < -0.39 is 0 Å². The second-order valence-corrected chi connectivity index (χ2v) is 3.38. The molecule has 0 aromatic carbocycles. The molecule has 0 unspecified atom stereocenters. The van der Waals surface area contributed by atoms with E-state index in [1.165, 1.54) is 0 Å². The molecule has 1 N–H and O–H groups in total. The lowest BCUT2D eigenvalue weighted by Crippen LogP contribution is -2.37. The smallest absolute Gasteiger partial charge is 0.231 e. The molecule has 5 heteroatoms. The summed E-state index contributed by atoms with van der Waals surface area (Å²) >= 11 is 0. The number of ether oxygens (including phenoxy) is 1. The molecule has 1 heterocycles. The van der Waals surface area contributed by atoms with Crippen LogP contribution in [0.3, 0.4) is 0 Å². The van der Waals surface area contributed by atoms with Gasteiger partial charge in [0.25, 0.3) is 0 Å². The fourth-order valence-corrected chi connectivity index (χ4v) is 1.01. The lowest BCUT2D eigenvalue weighted by Gasteiger charge is -2.11. The second kappa shape index (κ2) is 4.83. The molecule has 1 aliphatic heterocycles. The Kier molecular flexibility index (Phi) is 3.73. The molecule has 0 fully saturated rings. The summed E-state index contributed by atoms with van der Waals surface area (Å²) in [5, 5.41) is 6.41. The van der Waals surface area contributed by atoms with E-state index in [9.17, 15) is 4.79 Å². The van der Waals surface area contributed by atoms with Crippen LogP contribution in [-0.2, 0) is 14.4 Å². The molecule has 0 saturated heterocycles. The van der Waals surface area contributed by atoms with Crippen molar-refractivity contribution in [2.75, 3.05) is 6.61 Å². The van der Waals surface area contributed by atoms with Crippen molar-refractivity contribution < 1.29 is 14.4 Å². The molecule has 80 valence electrons. The number of nitrogens with zero attached hydrogens (tertiary/aromatic N) is 1. The van der Waals surface area contributed by atoms with Crippen LogP contribution in [0.25, 0.3) is 0 Å². The molecule has 1 aliphatic rings. The number of carbonyl (C=O) groups excluding carboxylic acids is 1. The highest BCUT2D eigenvalue weighted by Gasteiger charge is 2.24. The molecule has 14 heavy (non-hydrogen) atoms. The Labute approximate surface area is 83.4 Å². The minimum Gasteiger partial charge on any atom is -0.479 e. The Morgan fingerprint density at radius 3 is 3.07 bits per heavy atom. The standard InChI is InChI=1S/C9H16N2O3/c1-4-13-8-5-7(14-11-8)10-9(12)6(2)3/h6-7H,4-5H2,1-3H3,(H,10,12)/t7-/m0/s1. The van der Waals surface area contributed by atoms with Gasteiger partial charge in [-0.15, -0.1) is 0 Å². The van der Waals surface area contributed by atoms with E-state index >= 15 is 0 Å². The third-order valence-corrected chi connectivity index (χ3v) is 1.78. The SMILES string of the molecule is CCOC1=NO[C@H](NC(=O)C(C)C)C1. The van der Waals surface area contributed by atoms with E-state index in [0.717, 1.165) is 0 Å². The molecule has 0 radical (unpaired) electrons. The van der Waals surface area contributed by atoms with Gasteiger partial charge in [-0.25, -0.2) is 0 Å². The van der Waals surface area contributed by atoms with Gasteiger partial charge in [-0.1, -0.05) is 13.8 Å². The molecule has 1 amide bonds. The van der Waals surface area contributed by atoms with Gasteiger partial charge >= 0.3 is 0 Å². The predicted octanol–water partition coefficient (Wildman–Crippen LogP) is 0.855. The monoisotopic (exact) mass is 200 g/mol. The Balaban J connectivity index is 2.28. The quantitative estimate of drug-likeness (QED) is 0.734. The maximum Gasteiger partial charge on any atom is 0.231 e. The molecule has 1 atom stereocenters. The van der Waals surface area contributed by atoms with Gasteiger partial charge in [0.1, 0.15) is 0 Å². The second-order valence-electron chi connectivity index (χ2n) is 3.38. The average Bonchev–Trinajstić information content (AvgIpc) is 2.53. The Morgan fingerprint density at radius 2 is 2.50 bits per heavy atom. The summed E-state index contributed by atoms with van der Waals surface area (Å²) < 4.78 is 5.15.